The Morgan fingerprint density at radius 2 is 1.94 bits per heavy atom. The lowest BCUT2D eigenvalue weighted by Gasteiger charge is -2.38. The number of fused-ring (bicyclic) bond motifs is 4. The predicted octanol–water partition coefficient (Wildman–Crippen LogP) is 2.59. The molecule has 0 spiro atoms. The minimum absolute atomic E-state index is 0.0298. The Kier molecular flexibility index (Phi) is 5.26. The topological polar surface area (TPSA) is 91.6 Å². The van der Waals surface area contributed by atoms with Gasteiger partial charge >= 0.3 is 0 Å². The van der Waals surface area contributed by atoms with Crippen molar-refractivity contribution in [2.24, 2.45) is 0 Å². The van der Waals surface area contributed by atoms with Crippen LogP contribution in [-0.2, 0) is 6.54 Å². The van der Waals surface area contributed by atoms with Crippen LogP contribution in [0, 0.1) is 18.6 Å². The van der Waals surface area contributed by atoms with E-state index in [1.165, 1.54) is 18.7 Å². The summed E-state index contributed by atoms with van der Waals surface area (Å²) < 4.78 is 44.6. The summed E-state index contributed by atoms with van der Waals surface area (Å²) in [5, 5.41) is 12.7. The lowest BCUT2D eigenvalue weighted by molar-refractivity contribution is 0.0520. The molecule has 170 valence electrons. The second-order valence-corrected chi connectivity index (χ2v) is 8.51. The highest BCUT2D eigenvalue weighted by molar-refractivity contribution is 5.99. The molecule has 0 unspecified atom stereocenters. The lowest BCUT2D eigenvalue weighted by atomic mass is 9.92. The van der Waals surface area contributed by atoms with Crippen LogP contribution >= 0.6 is 0 Å². The molecule has 0 saturated carbocycles. The van der Waals surface area contributed by atoms with Gasteiger partial charge in [-0.05, 0) is 44.4 Å². The van der Waals surface area contributed by atoms with E-state index in [4.69, 9.17) is 0 Å². The van der Waals surface area contributed by atoms with Gasteiger partial charge in [0.25, 0.3) is 11.8 Å². The van der Waals surface area contributed by atoms with Crippen LogP contribution in [0.1, 0.15) is 57.8 Å². The van der Waals surface area contributed by atoms with Gasteiger partial charge in [0.1, 0.15) is 22.9 Å². The third-order valence-corrected chi connectivity index (χ3v) is 6.17. The van der Waals surface area contributed by atoms with Crippen molar-refractivity contribution >= 4 is 11.8 Å². The number of hydrogen-bond donors (Lipinski definition) is 2. The molecule has 2 aliphatic heterocycles. The van der Waals surface area contributed by atoms with E-state index in [2.05, 4.69) is 5.32 Å². The SMILES string of the molecule is Cc1cc(F)c(CNC(=O)c2cn3c(c(O)c2=O)C(=O)N2CCC[C@](C)(F)[C@@H]3C2)c(F)c1. The zero-order chi connectivity index (χ0) is 23.4. The number of carbonyl (C=O) groups is 2. The molecule has 0 aliphatic carbocycles. The van der Waals surface area contributed by atoms with Crippen molar-refractivity contribution in [2.45, 2.75) is 44.9 Å². The van der Waals surface area contributed by atoms with Crippen LogP contribution in [0.3, 0.4) is 0 Å². The van der Waals surface area contributed by atoms with Gasteiger partial charge in [-0.15, -0.1) is 0 Å². The molecule has 10 heteroatoms. The first kappa shape index (κ1) is 21.9. The third-order valence-electron chi connectivity index (χ3n) is 6.17. The first-order valence-corrected chi connectivity index (χ1v) is 10.2. The molecule has 2 atom stereocenters. The molecule has 2 aliphatic rings. The Morgan fingerprint density at radius 1 is 1.28 bits per heavy atom. The molecule has 1 aromatic heterocycles. The average molecular weight is 449 g/mol. The summed E-state index contributed by atoms with van der Waals surface area (Å²) >= 11 is 0. The first-order chi connectivity index (χ1) is 15.0. The summed E-state index contributed by atoms with van der Waals surface area (Å²) in [7, 11) is 0. The summed E-state index contributed by atoms with van der Waals surface area (Å²) in [6.07, 6.45) is 1.61. The molecule has 1 saturated heterocycles. The number of amides is 2. The van der Waals surface area contributed by atoms with Crippen molar-refractivity contribution in [1.82, 2.24) is 14.8 Å². The molecule has 2 amide bonds. The Morgan fingerprint density at radius 3 is 2.59 bits per heavy atom. The second kappa shape index (κ2) is 7.68. The number of aromatic nitrogens is 1. The summed E-state index contributed by atoms with van der Waals surface area (Å²) in [6, 6.07) is 1.30. The van der Waals surface area contributed by atoms with Crippen molar-refractivity contribution in [1.29, 1.82) is 0 Å². The fraction of sp³-hybridized carbons (Fsp3) is 0.409. The molecular weight excluding hydrogens is 427 g/mol. The minimum atomic E-state index is -1.76. The molecule has 2 bridgehead atoms. The quantitative estimate of drug-likeness (QED) is 0.754. The molecule has 2 aromatic rings. The number of aryl methyl sites for hydroxylation is 1. The number of nitrogens with zero attached hydrogens (tertiary/aromatic N) is 2. The standard InChI is InChI=1S/C22H22F3N3O4/c1-11-6-14(23)12(15(24)7-11)8-26-20(31)13-9-28-16-10-27(5-3-4-22(16,2)25)21(32)17(28)19(30)18(13)29/h6-7,9,16,30H,3-5,8,10H2,1-2H3,(H,26,31)/t16-,22-/m0/s1. The van der Waals surface area contributed by atoms with Crippen LogP contribution in [0.4, 0.5) is 13.2 Å². The van der Waals surface area contributed by atoms with Gasteiger partial charge in [-0.1, -0.05) is 0 Å². The van der Waals surface area contributed by atoms with Gasteiger partial charge in [-0.3, -0.25) is 14.4 Å². The van der Waals surface area contributed by atoms with Crippen molar-refractivity contribution in [3.63, 3.8) is 0 Å². The van der Waals surface area contributed by atoms with E-state index in [9.17, 15) is 28.3 Å². The van der Waals surface area contributed by atoms with Crippen molar-refractivity contribution in [3.05, 3.63) is 62.6 Å². The number of carbonyl (C=O) groups excluding carboxylic acids is 2. The maximum absolute atomic E-state index is 15.4. The molecular formula is C22H22F3N3O4. The van der Waals surface area contributed by atoms with Crippen molar-refractivity contribution < 1.29 is 27.9 Å². The third kappa shape index (κ3) is 3.53. The normalized spacial score (nSPS) is 22.3. The van der Waals surface area contributed by atoms with Crippen molar-refractivity contribution in [2.75, 3.05) is 13.1 Å². The number of halogens is 3. The summed E-state index contributed by atoms with van der Waals surface area (Å²) in [4.78, 5) is 39.5. The molecule has 0 radical (unpaired) electrons. The number of nitrogens with one attached hydrogen (secondary N) is 1. The van der Waals surface area contributed by atoms with Crippen LogP contribution in [0.15, 0.2) is 23.1 Å². The van der Waals surface area contributed by atoms with Crippen LogP contribution in [0.5, 0.6) is 5.75 Å². The first-order valence-electron chi connectivity index (χ1n) is 10.2. The molecule has 7 nitrogen and oxygen atoms in total. The Hall–Kier alpha value is -3.30. The van der Waals surface area contributed by atoms with Gasteiger partial charge in [0.15, 0.2) is 11.4 Å². The van der Waals surface area contributed by atoms with Crippen LogP contribution in [0.25, 0.3) is 0 Å². The minimum Gasteiger partial charge on any atom is -0.503 e. The largest absolute Gasteiger partial charge is 0.503 e. The van der Waals surface area contributed by atoms with Gasteiger partial charge in [0, 0.05) is 31.4 Å². The van der Waals surface area contributed by atoms with Crippen LogP contribution < -0.4 is 10.7 Å². The molecule has 3 heterocycles. The second-order valence-electron chi connectivity index (χ2n) is 8.51. The van der Waals surface area contributed by atoms with Gasteiger partial charge in [-0.2, -0.15) is 0 Å². The summed E-state index contributed by atoms with van der Waals surface area (Å²) in [5.41, 5.74) is -3.83. The smallest absolute Gasteiger partial charge is 0.274 e. The Balaban J connectivity index is 1.72. The van der Waals surface area contributed by atoms with E-state index in [0.29, 0.717) is 18.5 Å². The zero-order valence-electron chi connectivity index (χ0n) is 17.5. The van der Waals surface area contributed by atoms with Crippen LogP contribution in [0.2, 0.25) is 0 Å². The highest BCUT2D eigenvalue weighted by Gasteiger charge is 2.46. The molecule has 1 aromatic carbocycles. The highest BCUT2D eigenvalue weighted by atomic mass is 19.1. The molecule has 1 fully saturated rings. The molecule has 32 heavy (non-hydrogen) atoms. The number of alkyl halides is 1. The average Bonchev–Trinajstić information content (AvgIpc) is 2.84. The van der Waals surface area contributed by atoms with E-state index in [1.54, 1.807) is 0 Å². The fourth-order valence-corrected chi connectivity index (χ4v) is 4.39. The zero-order valence-corrected chi connectivity index (χ0v) is 17.5. The number of aromatic hydroxyl groups is 1. The van der Waals surface area contributed by atoms with Gasteiger partial charge < -0.3 is 19.9 Å². The molecule has 4 rings (SSSR count). The van der Waals surface area contributed by atoms with Crippen LogP contribution in [-0.4, -0.2) is 45.1 Å². The van der Waals surface area contributed by atoms with E-state index >= 15 is 4.39 Å². The molecule has 2 N–H and O–H groups in total. The van der Waals surface area contributed by atoms with Gasteiger partial charge in [0.05, 0.1) is 6.04 Å². The van der Waals surface area contributed by atoms with E-state index < -0.39 is 64.0 Å². The van der Waals surface area contributed by atoms with E-state index in [0.717, 1.165) is 22.9 Å². The Bertz CT molecular complexity index is 1170. The maximum atomic E-state index is 15.4. The monoisotopic (exact) mass is 449 g/mol. The highest BCUT2D eigenvalue weighted by Crippen LogP contribution is 2.40. The lowest BCUT2D eigenvalue weighted by Crippen LogP contribution is -2.48. The maximum Gasteiger partial charge on any atom is 0.274 e. The number of pyridine rings is 1. The number of hydrogen-bond acceptors (Lipinski definition) is 4. The summed E-state index contributed by atoms with van der Waals surface area (Å²) in [5.74, 6) is -4.30. The van der Waals surface area contributed by atoms with E-state index in [1.807, 2.05) is 0 Å². The van der Waals surface area contributed by atoms with Gasteiger partial charge in [-0.25, -0.2) is 13.2 Å². The Labute approximate surface area is 181 Å². The predicted molar refractivity (Wildman–Crippen MR) is 108 cm³/mol. The fourth-order valence-electron chi connectivity index (χ4n) is 4.39. The number of benzene rings is 1. The number of rotatable bonds is 3. The van der Waals surface area contributed by atoms with Gasteiger partial charge in [0.2, 0.25) is 5.43 Å². The van der Waals surface area contributed by atoms with E-state index in [-0.39, 0.29) is 18.7 Å². The summed E-state index contributed by atoms with van der Waals surface area (Å²) in [6.45, 7) is 2.66. The van der Waals surface area contributed by atoms with Crippen molar-refractivity contribution in [3.8, 4) is 5.75 Å².